The molecule has 4 atom stereocenters. The fourth-order valence-electron chi connectivity index (χ4n) is 6.07. The number of phenols is 1. The van der Waals surface area contributed by atoms with E-state index in [1.54, 1.807) is 18.2 Å². The fraction of sp³-hybridized carbons (Fsp3) is 0.444. The summed E-state index contributed by atoms with van der Waals surface area (Å²) in [5, 5.41) is 32.1. The lowest BCUT2D eigenvalue weighted by molar-refractivity contribution is -0.128. The number of hydrogen-bond donors (Lipinski definition) is 6. The number of carbonyl (C=O) groups is 4. The number of fused-ring (bicyclic) bond motifs is 1. The normalized spacial score (nSPS) is 17.3. The molecule has 0 unspecified atom stereocenters. The summed E-state index contributed by atoms with van der Waals surface area (Å²) in [6.45, 7) is 6.71. The van der Waals surface area contributed by atoms with Crippen LogP contribution < -0.4 is 21.7 Å². The Labute approximate surface area is 275 Å². The number of phenolic OH excluding ortho intramolecular Hbond substituents is 1. The van der Waals surface area contributed by atoms with Crippen molar-refractivity contribution in [3.63, 3.8) is 0 Å². The molecule has 1 aliphatic heterocycles. The van der Waals surface area contributed by atoms with Gasteiger partial charge in [-0.2, -0.15) is 0 Å². The molecule has 47 heavy (non-hydrogen) atoms. The fourth-order valence-corrected chi connectivity index (χ4v) is 6.07. The molecule has 11 nitrogen and oxygen atoms in total. The maximum Gasteiger partial charge on any atom is 0.255 e. The van der Waals surface area contributed by atoms with E-state index in [0.717, 1.165) is 30.2 Å². The summed E-state index contributed by atoms with van der Waals surface area (Å²) >= 11 is 0. The van der Waals surface area contributed by atoms with Gasteiger partial charge in [0.1, 0.15) is 11.8 Å². The Morgan fingerprint density at radius 3 is 2.28 bits per heavy atom. The SMILES string of the molecule is CC(C)(C)NC(=O)C[C@@H]1CCCCN1C[C@@H](O)[C@H](Cc1ccccc1)NC(=O)[C@H](CC(N)=O)NC(=O)c1cc2ccccc2cc1O. The molecule has 0 aromatic heterocycles. The Morgan fingerprint density at radius 2 is 1.62 bits per heavy atom. The minimum atomic E-state index is -1.36. The number of hydrogen-bond acceptors (Lipinski definition) is 7. The van der Waals surface area contributed by atoms with E-state index >= 15 is 0 Å². The summed E-state index contributed by atoms with van der Waals surface area (Å²) in [5.74, 6) is -2.58. The lowest BCUT2D eigenvalue weighted by atomic mass is 9.95. The highest BCUT2D eigenvalue weighted by atomic mass is 16.3. The lowest BCUT2D eigenvalue weighted by Crippen LogP contribution is -2.57. The van der Waals surface area contributed by atoms with E-state index in [-0.39, 0.29) is 41.8 Å². The number of β-amino-alcohol motifs (C(OH)–C–C–N with tert-alkyl or cyclic N) is 1. The second kappa shape index (κ2) is 15.9. The van der Waals surface area contributed by atoms with E-state index < -0.39 is 42.3 Å². The molecule has 11 heteroatoms. The van der Waals surface area contributed by atoms with Crippen molar-refractivity contribution in [2.45, 2.75) is 89.1 Å². The maximum absolute atomic E-state index is 13.7. The van der Waals surface area contributed by atoms with Crippen LogP contribution in [0.25, 0.3) is 10.8 Å². The lowest BCUT2D eigenvalue weighted by Gasteiger charge is -2.38. The van der Waals surface area contributed by atoms with Crippen molar-refractivity contribution >= 4 is 34.4 Å². The van der Waals surface area contributed by atoms with Gasteiger partial charge in [-0.15, -0.1) is 0 Å². The molecule has 1 heterocycles. The molecule has 252 valence electrons. The first-order valence-corrected chi connectivity index (χ1v) is 16.2. The molecule has 4 rings (SSSR count). The number of nitrogens with one attached hydrogen (secondary N) is 3. The van der Waals surface area contributed by atoms with Gasteiger partial charge in [0.05, 0.1) is 24.1 Å². The molecule has 3 aromatic rings. The van der Waals surface area contributed by atoms with Crippen LogP contribution in [-0.4, -0.2) is 81.6 Å². The predicted molar refractivity (Wildman–Crippen MR) is 180 cm³/mol. The van der Waals surface area contributed by atoms with Crippen LogP contribution in [0.4, 0.5) is 0 Å². The van der Waals surface area contributed by atoms with Gasteiger partial charge in [-0.3, -0.25) is 24.1 Å². The van der Waals surface area contributed by atoms with Gasteiger partial charge in [0.25, 0.3) is 5.91 Å². The molecule has 0 bridgehead atoms. The zero-order valence-electron chi connectivity index (χ0n) is 27.4. The van der Waals surface area contributed by atoms with Crippen LogP contribution in [0.2, 0.25) is 0 Å². The predicted octanol–water partition coefficient (Wildman–Crippen LogP) is 2.77. The number of benzene rings is 3. The van der Waals surface area contributed by atoms with Crippen LogP contribution in [0.3, 0.4) is 0 Å². The number of aliphatic hydroxyl groups excluding tert-OH is 1. The average molecular weight is 646 g/mol. The van der Waals surface area contributed by atoms with Crippen molar-refractivity contribution in [3.05, 3.63) is 77.9 Å². The minimum absolute atomic E-state index is 0.0551. The second-order valence-corrected chi connectivity index (χ2v) is 13.4. The number of piperidine rings is 1. The number of aromatic hydroxyl groups is 1. The largest absolute Gasteiger partial charge is 0.507 e. The third kappa shape index (κ3) is 10.5. The zero-order valence-corrected chi connectivity index (χ0v) is 27.4. The van der Waals surface area contributed by atoms with Crippen LogP contribution in [-0.2, 0) is 20.8 Å². The second-order valence-electron chi connectivity index (χ2n) is 13.4. The monoisotopic (exact) mass is 645 g/mol. The van der Waals surface area contributed by atoms with Crippen molar-refractivity contribution in [3.8, 4) is 5.75 Å². The Balaban J connectivity index is 1.52. The van der Waals surface area contributed by atoms with Crippen LogP contribution in [0, 0.1) is 0 Å². The molecule has 3 aromatic carbocycles. The van der Waals surface area contributed by atoms with E-state index in [9.17, 15) is 29.4 Å². The Morgan fingerprint density at radius 1 is 0.957 bits per heavy atom. The van der Waals surface area contributed by atoms with Crippen LogP contribution in [0.15, 0.2) is 66.7 Å². The number of likely N-dealkylation sites (tertiary alicyclic amines) is 1. The first kappa shape index (κ1) is 35.4. The van der Waals surface area contributed by atoms with Crippen molar-refractivity contribution < 1.29 is 29.4 Å². The number of nitrogens with zero attached hydrogens (tertiary/aromatic N) is 1. The molecule has 0 spiro atoms. The van der Waals surface area contributed by atoms with Crippen LogP contribution in [0.1, 0.15) is 68.8 Å². The Hall–Kier alpha value is -4.48. The van der Waals surface area contributed by atoms with E-state index in [1.807, 2.05) is 57.2 Å². The number of amides is 4. The third-order valence-corrected chi connectivity index (χ3v) is 8.33. The summed E-state index contributed by atoms with van der Waals surface area (Å²) in [7, 11) is 0. The molecule has 1 fully saturated rings. The van der Waals surface area contributed by atoms with Gasteiger partial charge in [-0.1, -0.05) is 61.0 Å². The van der Waals surface area contributed by atoms with Gasteiger partial charge in [-0.05, 0) is 75.0 Å². The summed E-state index contributed by atoms with van der Waals surface area (Å²) < 4.78 is 0. The smallest absolute Gasteiger partial charge is 0.255 e. The van der Waals surface area contributed by atoms with Crippen LogP contribution >= 0.6 is 0 Å². The van der Waals surface area contributed by atoms with Gasteiger partial charge in [0, 0.05) is 24.5 Å². The highest BCUT2D eigenvalue weighted by molar-refractivity contribution is 6.03. The number of rotatable bonds is 13. The quantitative estimate of drug-likeness (QED) is 0.166. The molecule has 0 saturated carbocycles. The van der Waals surface area contributed by atoms with E-state index in [2.05, 4.69) is 20.9 Å². The van der Waals surface area contributed by atoms with E-state index in [0.29, 0.717) is 18.4 Å². The first-order valence-electron chi connectivity index (χ1n) is 16.2. The average Bonchev–Trinajstić information content (AvgIpc) is 3.00. The summed E-state index contributed by atoms with van der Waals surface area (Å²) in [4.78, 5) is 53.9. The van der Waals surface area contributed by atoms with Gasteiger partial charge >= 0.3 is 0 Å². The number of nitrogens with two attached hydrogens (primary N) is 1. The van der Waals surface area contributed by atoms with Gasteiger partial charge in [-0.25, -0.2) is 0 Å². The molecule has 1 saturated heterocycles. The highest BCUT2D eigenvalue weighted by Gasteiger charge is 2.33. The molecule has 0 aliphatic carbocycles. The number of aliphatic hydroxyl groups is 1. The zero-order chi connectivity index (χ0) is 34.1. The summed E-state index contributed by atoms with van der Waals surface area (Å²) in [6, 6.07) is 17.3. The van der Waals surface area contributed by atoms with Gasteiger partial charge < -0.3 is 31.9 Å². The first-order chi connectivity index (χ1) is 22.3. The Bertz CT molecular complexity index is 1560. The molecule has 4 amide bonds. The summed E-state index contributed by atoms with van der Waals surface area (Å²) in [5.41, 5.74) is 5.93. The van der Waals surface area contributed by atoms with Crippen LogP contribution in [0.5, 0.6) is 5.75 Å². The summed E-state index contributed by atoms with van der Waals surface area (Å²) in [6.07, 6.45) is 1.76. The third-order valence-electron chi connectivity index (χ3n) is 8.33. The molecular formula is C36H47N5O6. The van der Waals surface area contributed by atoms with E-state index in [1.165, 1.54) is 12.1 Å². The molecule has 0 radical (unpaired) electrons. The van der Waals surface area contributed by atoms with Crippen molar-refractivity contribution in [2.75, 3.05) is 13.1 Å². The van der Waals surface area contributed by atoms with Crippen molar-refractivity contribution in [1.29, 1.82) is 0 Å². The van der Waals surface area contributed by atoms with Crippen molar-refractivity contribution in [2.24, 2.45) is 5.73 Å². The topological polar surface area (TPSA) is 174 Å². The molecular weight excluding hydrogens is 598 g/mol. The molecule has 7 N–H and O–H groups in total. The highest BCUT2D eigenvalue weighted by Crippen LogP contribution is 2.25. The number of carbonyl (C=O) groups excluding carboxylic acids is 4. The number of primary amides is 1. The Kier molecular flexibility index (Phi) is 12.0. The molecule has 1 aliphatic rings. The standard InChI is InChI=1S/C36H47N5O6/c1-36(2,3)40-33(45)20-26-15-9-10-16-41(26)22-31(43)28(17-23-11-5-4-6-12-23)38-35(47)29(21-32(37)44)39-34(46)27-18-24-13-7-8-14-25(24)19-30(27)42/h4-8,11-14,18-19,26,28-29,31,42-43H,9-10,15-17,20-22H2,1-3H3,(H2,37,44)(H,38,47)(H,39,46)(H,40,45)/t26-,28-,29-,31+/m0/s1. The van der Waals surface area contributed by atoms with Gasteiger partial charge in [0.2, 0.25) is 17.7 Å². The minimum Gasteiger partial charge on any atom is -0.507 e. The van der Waals surface area contributed by atoms with Gasteiger partial charge in [0.15, 0.2) is 0 Å². The van der Waals surface area contributed by atoms with E-state index in [4.69, 9.17) is 5.73 Å². The van der Waals surface area contributed by atoms with Crippen molar-refractivity contribution in [1.82, 2.24) is 20.9 Å². The maximum atomic E-state index is 13.7.